The molecule has 0 heterocycles. The number of hydrogen-bond acceptors (Lipinski definition) is 2. The molecule has 3 heteroatoms. The Kier molecular flexibility index (Phi) is 6.57. The number of hydrogen-bond donors (Lipinski definition) is 0. The molecule has 0 bridgehead atoms. The summed E-state index contributed by atoms with van der Waals surface area (Å²) in [5.74, 6) is 0.0249. The second-order valence-corrected chi connectivity index (χ2v) is 9.18. The molecule has 2 nitrogen and oxygen atoms in total. The van der Waals surface area contributed by atoms with Crippen LogP contribution in [0.2, 0.25) is 19.6 Å². The molecule has 15 heavy (non-hydrogen) atoms. The van der Waals surface area contributed by atoms with Crippen molar-refractivity contribution in [3.63, 3.8) is 0 Å². The third-order valence-electron chi connectivity index (χ3n) is 2.06. The van der Waals surface area contributed by atoms with Crippen LogP contribution in [0.1, 0.15) is 33.1 Å². The molecular weight excluding hydrogens is 204 g/mol. The quantitative estimate of drug-likeness (QED) is 0.511. The molecule has 0 amide bonds. The summed E-state index contributed by atoms with van der Waals surface area (Å²) in [5.41, 5.74) is 0. The lowest BCUT2D eigenvalue weighted by Gasteiger charge is -2.21. The highest BCUT2D eigenvalue weighted by atomic mass is 28.4. The summed E-state index contributed by atoms with van der Waals surface area (Å²) in [5, 5.41) is 0. The minimum Gasteiger partial charge on any atom is -0.520 e. The molecule has 0 aromatic rings. The van der Waals surface area contributed by atoms with Crippen molar-refractivity contribution in [2.45, 2.75) is 52.8 Å². The van der Waals surface area contributed by atoms with Crippen LogP contribution in [0.5, 0.6) is 0 Å². The molecule has 1 atom stereocenters. The van der Waals surface area contributed by atoms with Crippen molar-refractivity contribution >= 4 is 14.3 Å². The van der Waals surface area contributed by atoms with Gasteiger partial charge >= 0.3 is 0 Å². The van der Waals surface area contributed by atoms with Crippen LogP contribution >= 0.6 is 0 Å². The summed E-state index contributed by atoms with van der Waals surface area (Å²) in [6.07, 6.45) is 6.88. The normalized spacial score (nSPS) is 14.2. The van der Waals surface area contributed by atoms with Gasteiger partial charge < -0.3 is 4.43 Å². The van der Waals surface area contributed by atoms with Gasteiger partial charge in [0.25, 0.3) is 5.97 Å². The Morgan fingerprint density at radius 2 is 1.87 bits per heavy atom. The molecule has 0 aromatic heterocycles. The standard InChI is InChI=1S/C12H24O2Si/c1-6-8-9-10-11(7-2)12(13)14-15(3,4)5/h8-9,11H,6-7,10H2,1-5H3/b9-8+. The van der Waals surface area contributed by atoms with Crippen molar-refractivity contribution in [1.29, 1.82) is 0 Å². The number of rotatable bonds is 6. The Balaban J connectivity index is 4.16. The Labute approximate surface area is 94.8 Å². The second-order valence-electron chi connectivity index (χ2n) is 4.75. The molecule has 0 saturated heterocycles. The van der Waals surface area contributed by atoms with Crippen molar-refractivity contribution in [3.8, 4) is 0 Å². The van der Waals surface area contributed by atoms with Crippen molar-refractivity contribution in [2.75, 3.05) is 0 Å². The fourth-order valence-electron chi connectivity index (χ4n) is 1.24. The van der Waals surface area contributed by atoms with Crippen LogP contribution < -0.4 is 0 Å². The van der Waals surface area contributed by atoms with Crippen LogP contribution in [-0.4, -0.2) is 14.3 Å². The molecule has 0 saturated carbocycles. The first-order valence-electron chi connectivity index (χ1n) is 5.78. The largest absolute Gasteiger partial charge is 0.520 e. The number of allylic oxidation sites excluding steroid dienone is 2. The molecule has 88 valence electrons. The molecular formula is C12H24O2Si. The number of carbonyl (C=O) groups excluding carboxylic acids is 1. The molecule has 0 aliphatic heterocycles. The molecule has 1 unspecified atom stereocenters. The van der Waals surface area contributed by atoms with E-state index in [1.54, 1.807) is 0 Å². The van der Waals surface area contributed by atoms with E-state index >= 15 is 0 Å². The summed E-state index contributed by atoms with van der Waals surface area (Å²) >= 11 is 0. The van der Waals surface area contributed by atoms with Gasteiger partial charge in [-0.25, -0.2) is 0 Å². The molecule has 0 aromatic carbocycles. The monoisotopic (exact) mass is 228 g/mol. The zero-order valence-electron chi connectivity index (χ0n) is 10.7. The van der Waals surface area contributed by atoms with Gasteiger partial charge in [0, 0.05) is 0 Å². The summed E-state index contributed by atoms with van der Waals surface area (Å²) in [6.45, 7) is 10.3. The highest BCUT2D eigenvalue weighted by Crippen LogP contribution is 2.15. The lowest BCUT2D eigenvalue weighted by molar-refractivity contribution is -0.139. The maximum Gasteiger partial charge on any atom is 0.295 e. The van der Waals surface area contributed by atoms with E-state index in [-0.39, 0.29) is 11.9 Å². The first kappa shape index (κ1) is 14.4. The van der Waals surface area contributed by atoms with Gasteiger partial charge in [-0.05, 0) is 38.9 Å². The molecule has 0 rings (SSSR count). The van der Waals surface area contributed by atoms with Crippen molar-refractivity contribution < 1.29 is 9.22 Å². The third-order valence-corrected chi connectivity index (χ3v) is 2.87. The van der Waals surface area contributed by atoms with Gasteiger partial charge in [-0.1, -0.05) is 26.0 Å². The van der Waals surface area contributed by atoms with E-state index in [0.717, 1.165) is 19.3 Å². The topological polar surface area (TPSA) is 26.3 Å². The summed E-state index contributed by atoms with van der Waals surface area (Å²) in [6, 6.07) is 0. The first-order valence-corrected chi connectivity index (χ1v) is 9.19. The number of carbonyl (C=O) groups is 1. The second kappa shape index (κ2) is 6.83. The van der Waals surface area contributed by atoms with Gasteiger partial charge in [0.05, 0.1) is 5.92 Å². The van der Waals surface area contributed by atoms with Crippen LogP contribution in [0.15, 0.2) is 12.2 Å². The van der Waals surface area contributed by atoms with Crippen LogP contribution in [0.3, 0.4) is 0 Å². The summed E-state index contributed by atoms with van der Waals surface area (Å²) in [4.78, 5) is 11.8. The van der Waals surface area contributed by atoms with Gasteiger partial charge in [-0.2, -0.15) is 0 Å². The average molecular weight is 228 g/mol. The molecule has 0 N–H and O–H groups in total. The summed E-state index contributed by atoms with van der Waals surface area (Å²) < 4.78 is 5.49. The Bertz CT molecular complexity index is 216. The van der Waals surface area contributed by atoms with Crippen LogP contribution in [0.25, 0.3) is 0 Å². The maximum atomic E-state index is 11.8. The van der Waals surface area contributed by atoms with Gasteiger partial charge in [-0.15, -0.1) is 0 Å². The van der Waals surface area contributed by atoms with Gasteiger partial charge in [-0.3, -0.25) is 4.79 Å². The van der Waals surface area contributed by atoms with E-state index < -0.39 is 8.32 Å². The Hall–Kier alpha value is -0.573. The Morgan fingerprint density at radius 3 is 2.27 bits per heavy atom. The highest BCUT2D eigenvalue weighted by Gasteiger charge is 2.24. The maximum absolute atomic E-state index is 11.8. The van der Waals surface area contributed by atoms with Crippen molar-refractivity contribution in [3.05, 3.63) is 12.2 Å². The minimum atomic E-state index is -1.72. The Morgan fingerprint density at radius 1 is 1.27 bits per heavy atom. The van der Waals surface area contributed by atoms with E-state index in [2.05, 4.69) is 19.1 Å². The highest BCUT2D eigenvalue weighted by molar-refractivity contribution is 6.71. The minimum absolute atomic E-state index is 0.0163. The third kappa shape index (κ3) is 7.37. The molecule has 0 fully saturated rings. The molecule has 0 spiro atoms. The lowest BCUT2D eigenvalue weighted by Crippen LogP contribution is -2.32. The van der Waals surface area contributed by atoms with Crippen LogP contribution in [0.4, 0.5) is 0 Å². The van der Waals surface area contributed by atoms with E-state index in [0.29, 0.717) is 0 Å². The molecule has 0 aliphatic rings. The fourth-order valence-corrected chi connectivity index (χ4v) is 2.01. The molecule has 0 aliphatic carbocycles. The van der Waals surface area contributed by atoms with Gasteiger partial charge in [0.15, 0.2) is 0 Å². The fraction of sp³-hybridized carbons (Fsp3) is 0.750. The predicted octanol–water partition coefficient (Wildman–Crippen LogP) is 3.75. The average Bonchev–Trinajstić information content (AvgIpc) is 2.09. The van der Waals surface area contributed by atoms with E-state index in [9.17, 15) is 4.79 Å². The first-order chi connectivity index (χ1) is 6.90. The van der Waals surface area contributed by atoms with Crippen LogP contribution in [0, 0.1) is 5.92 Å². The van der Waals surface area contributed by atoms with Crippen molar-refractivity contribution in [1.82, 2.24) is 0 Å². The molecule has 0 radical (unpaired) electrons. The smallest absolute Gasteiger partial charge is 0.295 e. The van der Waals surface area contributed by atoms with Crippen LogP contribution in [-0.2, 0) is 9.22 Å². The van der Waals surface area contributed by atoms with Crippen molar-refractivity contribution in [2.24, 2.45) is 5.92 Å². The van der Waals surface area contributed by atoms with E-state index in [4.69, 9.17) is 4.43 Å². The predicted molar refractivity (Wildman–Crippen MR) is 67.3 cm³/mol. The van der Waals surface area contributed by atoms with Gasteiger partial charge in [0.2, 0.25) is 8.32 Å². The summed E-state index contributed by atoms with van der Waals surface area (Å²) in [7, 11) is -1.72. The zero-order valence-corrected chi connectivity index (χ0v) is 11.7. The lowest BCUT2D eigenvalue weighted by atomic mass is 10.0. The SMILES string of the molecule is CC/C=C/CC(CC)C(=O)O[Si](C)(C)C. The van der Waals surface area contributed by atoms with E-state index in [1.165, 1.54) is 0 Å². The zero-order chi connectivity index (χ0) is 11.9. The van der Waals surface area contributed by atoms with Gasteiger partial charge in [0.1, 0.15) is 0 Å². The van der Waals surface area contributed by atoms with E-state index in [1.807, 2.05) is 26.6 Å².